The fourth-order valence-electron chi connectivity index (χ4n) is 2.07. The summed E-state index contributed by atoms with van der Waals surface area (Å²) in [6.07, 6.45) is 4.14. The Kier molecular flexibility index (Phi) is 4.74. The summed E-state index contributed by atoms with van der Waals surface area (Å²) < 4.78 is 0. The zero-order chi connectivity index (χ0) is 9.68. The molecule has 2 heteroatoms. The van der Waals surface area contributed by atoms with Crippen LogP contribution in [-0.4, -0.2) is 36.6 Å². The minimum atomic E-state index is 0. The van der Waals surface area contributed by atoms with Crippen LogP contribution in [0.1, 0.15) is 41.5 Å². The quantitative estimate of drug-likeness (QED) is 0.723. The van der Waals surface area contributed by atoms with Crippen LogP contribution in [0, 0.1) is 0 Å². The largest absolute Gasteiger partial charge is 0.313 e. The van der Waals surface area contributed by atoms with Gasteiger partial charge < -0.3 is 5.32 Å². The van der Waals surface area contributed by atoms with Crippen LogP contribution < -0.4 is 5.32 Å². The highest BCUT2D eigenvalue weighted by molar-refractivity contribution is 4.76. The van der Waals surface area contributed by atoms with Gasteiger partial charge in [0.05, 0.1) is 0 Å². The Hall–Kier alpha value is -0.0800. The fourth-order valence-corrected chi connectivity index (χ4v) is 2.07. The van der Waals surface area contributed by atoms with Crippen LogP contribution in [0.5, 0.6) is 0 Å². The summed E-state index contributed by atoms with van der Waals surface area (Å²) in [5.41, 5.74) is 0. The molecule has 0 bridgehead atoms. The van der Waals surface area contributed by atoms with Crippen molar-refractivity contribution in [2.24, 2.45) is 0 Å². The van der Waals surface area contributed by atoms with Gasteiger partial charge in [-0.25, -0.2) is 0 Å². The highest BCUT2D eigenvalue weighted by atomic mass is 15.2. The van der Waals surface area contributed by atoms with Crippen LogP contribution in [0.4, 0.5) is 0 Å². The predicted molar refractivity (Wildman–Crippen MR) is 60.1 cm³/mol. The maximum Gasteiger partial charge on any atom is 0.0195 e. The van der Waals surface area contributed by atoms with Gasteiger partial charge in [0.25, 0.3) is 0 Å². The highest BCUT2D eigenvalue weighted by Crippen LogP contribution is 2.09. The van der Waals surface area contributed by atoms with Gasteiger partial charge >= 0.3 is 0 Å². The van der Waals surface area contributed by atoms with Crippen LogP contribution in [0.25, 0.3) is 0 Å². The Morgan fingerprint density at radius 1 is 1.46 bits per heavy atom. The second-order valence-electron chi connectivity index (χ2n) is 4.33. The molecule has 1 heterocycles. The van der Waals surface area contributed by atoms with Crippen molar-refractivity contribution in [2.45, 2.75) is 52.1 Å². The molecule has 0 amide bonds. The molecule has 0 spiro atoms. The Bertz CT molecular complexity index is 133. The minimum Gasteiger partial charge on any atom is -0.313 e. The first-order valence-corrected chi connectivity index (χ1v) is 5.71. The molecule has 1 rings (SSSR count). The standard InChI is InChI=1S/C11H24N2.H2/c1-4-13(10(2)3)9-11-7-5-6-8-12-11;/h10-12H,4-9H2,1-3H3;1H/t11-;/m0./s1. The van der Waals surface area contributed by atoms with E-state index >= 15 is 0 Å². The second-order valence-corrected chi connectivity index (χ2v) is 4.33. The Balaban J connectivity index is 0.00000169. The van der Waals surface area contributed by atoms with E-state index in [1.54, 1.807) is 0 Å². The summed E-state index contributed by atoms with van der Waals surface area (Å²) in [5, 5.41) is 3.60. The lowest BCUT2D eigenvalue weighted by molar-refractivity contribution is 0.194. The van der Waals surface area contributed by atoms with Crippen molar-refractivity contribution < 1.29 is 1.43 Å². The van der Waals surface area contributed by atoms with E-state index < -0.39 is 0 Å². The van der Waals surface area contributed by atoms with Crippen molar-refractivity contribution in [2.75, 3.05) is 19.6 Å². The molecule has 13 heavy (non-hydrogen) atoms. The molecule has 1 N–H and O–H groups in total. The third kappa shape index (κ3) is 3.65. The molecule has 1 aliphatic heterocycles. The third-order valence-corrected chi connectivity index (χ3v) is 3.00. The number of nitrogens with zero attached hydrogens (tertiary/aromatic N) is 1. The van der Waals surface area contributed by atoms with E-state index in [1.165, 1.54) is 38.9 Å². The average molecular weight is 186 g/mol. The van der Waals surface area contributed by atoms with Gasteiger partial charge in [-0.1, -0.05) is 13.3 Å². The molecule has 0 saturated carbocycles. The molecule has 0 radical (unpaired) electrons. The van der Waals surface area contributed by atoms with Crippen molar-refractivity contribution in [1.29, 1.82) is 0 Å². The number of piperidine rings is 1. The van der Waals surface area contributed by atoms with Crippen LogP contribution >= 0.6 is 0 Å². The summed E-state index contributed by atoms with van der Waals surface area (Å²) >= 11 is 0. The SMILES string of the molecule is CCN(C[C@@H]1CCCCN1)C(C)C.[HH]. The van der Waals surface area contributed by atoms with E-state index in [-0.39, 0.29) is 1.43 Å². The molecule has 0 aromatic heterocycles. The van der Waals surface area contributed by atoms with E-state index in [2.05, 4.69) is 31.0 Å². The first-order chi connectivity index (χ1) is 6.24. The molecule has 1 aliphatic rings. The second kappa shape index (κ2) is 5.61. The van der Waals surface area contributed by atoms with Crippen molar-refractivity contribution in [3.8, 4) is 0 Å². The van der Waals surface area contributed by atoms with E-state index in [1.807, 2.05) is 0 Å². The number of hydrogen-bond donors (Lipinski definition) is 1. The van der Waals surface area contributed by atoms with Gasteiger partial charge in [0.15, 0.2) is 0 Å². The molecular weight excluding hydrogens is 160 g/mol. The van der Waals surface area contributed by atoms with Gasteiger partial charge in [-0.15, -0.1) is 0 Å². The first-order valence-electron chi connectivity index (χ1n) is 5.71. The lowest BCUT2D eigenvalue weighted by atomic mass is 10.0. The summed E-state index contributed by atoms with van der Waals surface area (Å²) in [6.45, 7) is 10.5. The predicted octanol–water partition coefficient (Wildman–Crippen LogP) is 2.10. The average Bonchev–Trinajstić information content (AvgIpc) is 2.15. The Morgan fingerprint density at radius 3 is 2.69 bits per heavy atom. The van der Waals surface area contributed by atoms with Crippen LogP contribution in [0.15, 0.2) is 0 Å². The smallest absolute Gasteiger partial charge is 0.0195 e. The van der Waals surface area contributed by atoms with Crippen LogP contribution in [0.2, 0.25) is 0 Å². The third-order valence-electron chi connectivity index (χ3n) is 3.00. The number of likely N-dealkylation sites (N-methyl/N-ethyl adjacent to an activating group) is 1. The number of rotatable bonds is 4. The molecule has 2 nitrogen and oxygen atoms in total. The van der Waals surface area contributed by atoms with Crippen molar-refractivity contribution in [1.82, 2.24) is 10.2 Å². The summed E-state index contributed by atoms with van der Waals surface area (Å²) in [4.78, 5) is 2.54. The maximum absolute atomic E-state index is 3.60. The monoisotopic (exact) mass is 186 g/mol. The molecule has 1 saturated heterocycles. The molecule has 0 aliphatic carbocycles. The van der Waals surface area contributed by atoms with Gasteiger partial charge in [0.1, 0.15) is 0 Å². The van der Waals surface area contributed by atoms with E-state index in [0.29, 0.717) is 6.04 Å². The summed E-state index contributed by atoms with van der Waals surface area (Å²) in [7, 11) is 0. The van der Waals surface area contributed by atoms with Gasteiger partial charge in [-0.2, -0.15) is 0 Å². The van der Waals surface area contributed by atoms with Gasteiger partial charge in [-0.3, -0.25) is 4.90 Å². The minimum absolute atomic E-state index is 0. The fraction of sp³-hybridized carbons (Fsp3) is 1.00. The molecule has 0 aromatic rings. The Morgan fingerprint density at radius 2 is 2.23 bits per heavy atom. The molecule has 0 unspecified atom stereocenters. The molecule has 1 fully saturated rings. The van der Waals surface area contributed by atoms with Gasteiger partial charge in [0, 0.05) is 20.1 Å². The summed E-state index contributed by atoms with van der Waals surface area (Å²) in [5.74, 6) is 0. The van der Waals surface area contributed by atoms with Crippen molar-refractivity contribution in [3.63, 3.8) is 0 Å². The highest BCUT2D eigenvalue weighted by Gasteiger charge is 2.16. The zero-order valence-electron chi connectivity index (χ0n) is 9.34. The maximum atomic E-state index is 3.60. The topological polar surface area (TPSA) is 15.3 Å². The van der Waals surface area contributed by atoms with E-state index in [4.69, 9.17) is 0 Å². The number of nitrogens with one attached hydrogen (secondary N) is 1. The zero-order valence-corrected chi connectivity index (χ0v) is 9.34. The van der Waals surface area contributed by atoms with Crippen LogP contribution in [0.3, 0.4) is 0 Å². The van der Waals surface area contributed by atoms with E-state index in [9.17, 15) is 0 Å². The van der Waals surface area contributed by atoms with E-state index in [0.717, 1.165) is 6.04 Å². The van der Waals surface area contributed by atoms with Crippen LogP contribution in [-0.2, 0) is 0 Å². The lowest BCUT2D eigenvalue weighted by Gasteiger charge is -2.32. The van der Waals surface area contributed by atoms with Crippen molar-refractivity contribution >= 4 is 0 Å². The molecule has 1 atom stereocenters. The van der Waals surface area contributed by atoms with Gasteiger partial charge in [-0.05, 0) is 39.8 Å². The lowest BCUT2D eigenvalue weighted by Crippen LogP contribution is -2.45. The summed E-state index contributed by atoms with van der Waals surface area (Å²) in [6, 6.07) is 1.44. The number of hydrogen-bond acceptors (Lipinski definition) is 2. The van der Waals surface area contributed by atoms with Gasteiger partial charge in [0.2, 0.25) is 0 Å². The molecule has 0 aromatic carbocycles. The normalized spacial score (nSPS) is 24.2. The van der Waals surface area contributed by atoms with Crippen molar-refractivity contribution in [3.05, 3.63) is 0 Å². The Labute approximate surface area is 84.2 Å². The molecule has 80 valence electrons. The molecular formula is C11H26N2. The first kappa shape index (κ1) is 11.0.